The maximum atomic E-state index is 14.5. The van der Waals surface area contributed by atoms with E-state index in [2.05, 4.69) is 0 Å². The lowest BCUT2D eigenvalue weighted by Crippen LogP contribution is -2.26. The Kier molecular flexibility index (Phi) is 4.63. The van der Waals surface area contributed by atoms with Crippen molar-refractivity contribution in [1.82, 2.24) is 0 Å². The van der Waals surface area contributed by atoms with Crippen molar-refractivity contribution in [3.8, 4) is 0 Å². The number of halogens is 4. The summed E-state index contributed by atoms with van der Waals surface area (Å²) in [6.07, 6.45) is 0.776. The molecule has 0 aliphatic heterocycles. The fraction of sp³-hybridized carbons (Fsp3) is 0.158. The molecule has 0 saturated heterocycles. The smallest absolute Gasteiger partial charge is 0.335 e. The highest BCUT2D eigenvalue weighted by Gasteiger charge is 2.40. The average Bonchev–Trinajstić information content (AvgIpc) is 2.64. The van der Waals surface area contributed by atoms with E-state index in [0.717, 1.165) is 6.08 Å². The van der Waals surface area contributed by atoms with E-state index in [-0.39, 0.29) is 12.2 Å². The SMILES string of the molecule is CCOC(=O)C1=CC(=O)c2c(F)c(F)c(F)c(F)c2C1c1ccccc1. The quantitative estimate of drug-likeness (QED) is 0.357. The van der Waals surface area contributed by atoms with E-state index in [9.17, 15) is 27.2 Å². The van der Waals surface area contributed by atoms with Gasteiger partial charge in [0, 0.05) is 11.5 Å². The lowest BCUT2D eigenvalue weighted by molar-refractivity contribution is -0.138. The van der Waals surface area contributed by atoms with Crippen LogP contribution >= 0.6 is 0 Å². The average molecular weight is 364 g/mol. The summed E-state index contributed by atoms with van der Waals surface area (Å²) >= 11 is 0. The van der Waals surface area contributed by atoms with Crippen LogP contribution in [0.25, 0.3) is 0 Å². The summed E-state index contributed by atoms with van der Waals surface area (Å²) in [4.78, 5) is 24.5. The van der Waals surface area contributed by atoms with Gasteiger partial charge in [-0.1, -0.05) is 30.3 Å². The minimum Gasteiger partial charge on any atom is -0.463 e. The van der Waals surface area contributed by atoms with Gasteiger partial charge in [0.15, 0.2) is 29.1 Å². The number of ketones is 1. The number of carbonyl (C=O) groups excluding carboxylic acids is 2. The molecule has 26 heavy (non-hydrogen) atoms. The molecule has 1 unspecified atom stereocenters. The van der Waals surface area contributed by atoms with Gasteiger partial charge in [0.25, 0.3) is 0 Å². The lowest BCUT2D eigenvalue weighted by Gasteiger charge is -2.27. The number of hydrogen-bond acceptors (Lipinski definition) is 3. The minimum atomic E-state index is -2.07. The minimum absolute atomic E-state index is 0.0205. The van der Waals surface area contributed by atoms with E-state index in [1.807, 2.05) is 0 Å². The number of allylic oxidation sites excluding steroid dienone is 1. The van der Waals surface area contributed by atoms with E-state index in [1.165, 1.54) is 19.1 Å². The molecule has 3 rings (SSSR count). The maximum absolute atomic E-state index is 14.5. The van der Waals surface area contributed by atoms with E-state index in [0.29, 0.717) is 5.56 Å². The van der Waals surface area contributed by atoms with Crippen LogP contribution in [0.5, 0.6) is 0 Å². The molecule has 2 aromatic carbocycles. The third-order valence-corrected chi connectivity index (χ3v) is 4.08. The zero-order valence-corrected chi connectivity index (χ0v) is 13.5. The van der Waals surface area contributed by atoms with Gasteiger partial charge in [-0.2, -0.15) is 0 Å². The van der Waals surface area contributed by atoms with Crippen molar-refractivity contribution >= 4 is 11.8 Å². The molecule has 1 aliphatic rings. The van der Waals surface area contributed by atoms with Crippen LogP contribution in [0.15, 0.2) is 42.0 Å². The highest BCUT2D eigenvalue weighted by Crippen LogP contribution is 2.42. The first kappa shape index (κ1) is 17.8. The number of rotatable bonds is 3. The molecule has 0 amide bonds. The molecular formula is C19H12F4O3. The van der Waals surface area contributed by atoms with Crippen LogP contribution in [-0.2, 0) is 9.53 Å². The van der Waals surface area contributed by atoms with Crippen LogP contribution in [0.4, 0.5) is 17.6 Å². The fourth-order valence-corrected chi connectivity index (χ4v) is 3.00. The number of esters is 1. The largest absolute Gasteiger partial charge is 0.463 e. The summed E-state index contributed by atoms with van der Waals surface area (Å²) in [5.41, 5.74) is -1.63. The molecule has 2 aromatic rings. The Balaban J connectivity index is 2.35. The second-order valence-electron chi connectivity index (χ2n) is 5.57. The predicted molar refractivity (Wildman–Crippen MR) is 83.6 cm³/mol. The third kappa shape index (κ3) is 2.69. The first-order valence-corrected chi connectivity index (χ1v) is 7.72. The third-order valence-electron chi connectivity index (χ3n) is 4.08. The van der Waals surface area contributed by atoms with Crippen LogP contribution in [0, 0.1) is 23.3 Å². The van der Waals surface area contributed by atoms with Gasteiger partial charge in [-0.25, -0.2) is 22.4 Å². The van der Waals surface area contributed by atoms with Crippen LogP contribution in [0.3, 0.4) is 0 Å². The predicted octanol–water partition coefficient (Wildman–Crippen LogP) is 4.06. The van der Waals surface area contributed by atoms with Crippen LogP contribution in [0.1, 0.15) is 34.3 Å². The molecule has 1 aliphatic carbocycles. The molecular weight excluding hydrogens is 352 g/mol. The van der Waals surface area contributed by atoms with Gasteiger partial charge < -0.3 is 4.74 Å². The highest BCUT2D eigenvalue weighted by molar-refractivity contribution is 6.13. The van der Waals surface area contributed by atoms with E-state index < -0.39 is 52.1 Å². The Bertz CT molecular complexity index is 936. The van der Waals surface area contributed by atoms with Gasteiger partial charge in [-0.05, 0) is 18.6 Å². The van der Waals surface area contributed by atoms with Gasteiger partial charge >= 0.3 is 5.97 Å². The number of hydrogen-bond donors (Lipinski definition) is 0. The normalized spacial score (nSPS) is 16.1. The summed E-state index contributed by atoms with van der Waals surface area (Å²) in [6.45, 7) is 1.51. The van der Waals surface area contributed by atoms with E-state index >= 15 is 0 Å². The monoisotopic (exact) mass is 364 g/mol. The summed E-state index contributed by atoms with van der Waals surface area (Å²) in [7, 11) is 0. The number of carbonyl (C=O) groups is 2. The summed E-state index contributed by atoms with van der Waals surface area (Å²) in [5, 5.41) is 0. The first-order valence-electron chi connectivity index (χ1n) is 7.72. The van der Waals surface area contributed by atoms with Gasteiger partial charge in [-0.15, -0.1) is 0 Å². The Morgan fingerprint density at radius 1 is 1.00 bits per heavy atom. The Hall–Kier alpha value is -2.96. The van der Waals surface area contributed by atoms with Gasteiger partial charge in [-0.3, -0.25) is 4.79 Å². The fourth-order valence-electron chi connectivity index (χ4n) is 3.00. The molecule has 0 fully saturated rings. The summed E-state index contributed by atoms with van der Waals surface area (Å²) in [5.74, 6) is -11.0. The molecule has 0 aromatic heterocycles. The molecule has 1 atom stereocenters. The van der Waals surface area contributed by atoms with Crippen molar-refractivity contribution in [2.24, 2.45) is 0 Å². The molecule has 0 heterocycles. The second kappa shape index (κ2) is 6.74. The zero-order chi connectivity index (χ0) is 19.0. The number of benzene rings is 2. The van der Waals surface area contributed by atoms with Crippen molar-refractivity contribution in [3.05, 3.63) is 81.9 Å². The van der Waals surface area contributed by atoms with E-state index in [1.54, 1.807) is 18.2 Å². The maximum Gasteiger partial charge on any atom is 0.335 e. The second-order valence-corrected chi connectivity index (χ2v) is 5.57. The summed E-state index contributed by atoms with van der Waals surface area (Å²) < 4.78 is 61.1. The topological polar surface area (TPSA) is 43.4 Å². The molecule has 0 radical (unpaired) electrons. The van der Waals surface area contributed by atoms with Crippen molar-refractivity contribution in [1.29, 1.82) is 0 Å². The van der Waals surface area contributed by atoms with Gasteiger partial charge in [0.05, 0.1) is 17.7 Å². The van der Waals surface area contributed by atoms with Crippen molar-refractivity contribution in [2.75, 3.05) is 6.61 Å². The highest BCUT2D eigenvalue weighted by atomic mass is 19.2. The molecule has 7 heteroatoms. The first-order chi connectivity index (χ1) is 12.4. The molecule has 3 nitrogen and oxygen atoms in total. The standard InChI is InChI=1S/C19H12F4O3/c1-2-26-19(25)10-8-11(24)13-14(12(10)9-6-4-3-5-7-9)16(21)18(23)17(22)15(13)20/h3-8,12H,2H2,1H3. The summed E-state index contributed by atoms with van der Waals surface area (Å²) in [6, 6.07) is 7.78. The van der Waals surface area contributed by atoms with Crippen LogP contribution < -0.4 is 0 Å². The van der Waals surface area contributed by atoms with Crippen molar-refractivity contribution in [3.63, 3.8) is 0 Å². The van der Waals surface area contributed by atoms with Gasteiger partial charge in [0.1, 0.15) is 0 Å². The van der Waals surface area contributed by atoms with Gasteiger partial charge in [0.2, 0.25) is 0 Å². The Morgan fingerprint density at radius 3 is 2.23 bits per heavy atom. The Morgan fingerprint density at radius 2 is 1.62 bits per heavy atom. The number of fused-ring (bicyclic) bond motifs is 1. The molecule has 0 saturated carbocycles. The molecule has 0 spiro atoms. The van der Waals surface area contributed by atoms with Crippen molar-refractivity contribution < 1.29 is 31.9 Å². The molecule has 0 bridgehead atoms. The lowest BCUT2D eigenvalue weighted by atomic mass is 9.76. The number of ether oxygens (including phenoxy) is 1. The van der Waals surface area contributed by atoms with Crippen LogP contribution in [-0.4, -0.2) is 18.4 Å². The van der Waals surface area contributed by atoms with E-state index in [4.69, 9.17) is 4.74 Å². The Labute approximate surface area is 145 Å². The molecule has 134 valence electrons. The zero-order valence-electron chi connectivity index (χ0n) is 13.5. The molecule has 0 N–H and O–H groups in total. The van der Waals surface area contributed by atoms with Crippen molar-refractivity contribution in [2.45, 2.75) is 12.8 Å². The van der Waals surface area contributed by atoms with Crippen LogP contribution in [0.2, 0.25) is 0 Å².